The fraction of sp³-hybridized carbons (Fsp3) is 0.667. The summed E-state index contributed by atoms with van der Waals surface area (Å²) < 4.78 is 0. The number of nitrogens with one attached hydrogen (secondary N) is 1. The van der Waals surface area contributed by atoms with Crippen molar-refractivity contribution in [3.05, 3.63) is 35.9 Å². The van der Waals surface area contributed by atoms with Crippen LogP contribution in [0.1, 0.15) is 58.1 Å². The summed E-state index contributed by atoms with van der Waals surface area (Å²) in [5, 5.41) is 3.76. The highest BCUT2D eigenvalue weighted by Crippen LogP contribution is 2.28. The van der Waals surface area contributed by atoms with Gasteiger partial charge < -0.3 is 5.32 Å². The Balaban J connectivity index is 2.16. The zero-order valence-corrected chi connectivity index (χ0v) is 13.3. The molecule has 1 aliphatic rings. The van der Waals surface area contributed by atoms with Crippen molar-refractivity contribution in [1.29, 1.82) is 0 Å². The average molecular weight is 274 g/mol. The minimum atomic E-state index is 0.536. The van der Waals surface area contributed by atoms with Crippen LogP contribution in [0.5, 0.6) is 0 Å². The molecule has 1 N–H and O–H groups in total. The van der Waals surface area contributed by atoms with Crippen molar-refractivity contribution in [2.24, 2.45) is 0 Å². The molecule has 1 fully saturated rings. The lowest BCUT2D eigenvalue weighted by atomic mass is 9.95. The summed E-state index contributed by atoms with van der Waals surface area (Å²) in [6.45, 7) is 9.22. The van der Waals surface area contributed by atoms with Gasteiger partial charge in [0.15, 0.2) is 0 Å². The standard InChI is InChI=1S/C18H30N2/c1-4-10-16-14-20(17(5-2)6-3)18(13-19-16)15-11-8-7-9-12-15/h7-9,11-12,16-19H,4-6,10,13-14H2,1-3H3. The van der Waals surface area contributed by atoms with Crippen molar-refractivity contribution < 1.29 is 0 Å². The molecule has 0 radical (unpaired) electrons. The Morgan fingerprint density at radius 3 is 2.45 bits per heavy atom. The molecule has 2 unspecified atom stereocenters. The van der Waals surface area contributed by atoms with Crippen LogP contribution in [0, 0.1) is 0 Å². The second kappa shape index (κ2) is 7.80. The molecule has 2 atom stereocenters. The molecule has 1 aliphatic heterocycles. The van der Waals surface area contributed by atoms with E-state index in [0.29, 0.717) is 18.1 Å². The van der Waals surface area contributed by atoms with Crippen LogP contribution in [-0.2, 0) is 0 Å². The summed E-state index contributed by atoms with van der Waals surface area (Å²) in [4.78, 5) is 2.76. The van der Waals surface area contributed by atoms with E-state index in [0.717, 1.165) is 6.54 Å². The van der Waals surface area contributed by atoms with Gasteiger partial charge in [-0.25, -0.2) is 0 Å². The first-order chi connectivity index (χ1) is 9.80. The second-order valence-corrected chi connectivity index (χ2v) is 5.99. The molecule has 2 heteroatoms. The first-order valence-electron chi connectivity index (χ1n) is 8.34. The molecule has 0 saturated carbocycles. The van der Waals surface area contributed by atoms with Crippen molar-refractivity contribution in [2.75, 3.05) is 13.1 Å². The van der Waals surface area contributed by atoms with Gasteiger partial charge in [0.1, 0.15) is 0 Å². The van der Waals surface area contributed by atoms with E-state index in [1.807, 2.05) is 0 Å². The Morgan fingerprint density at radius 1 is 1.15 bits per heavy atom. The third-order valence-electron chi connectivity index (χ3n) is 4.66. The molecule has 1 heterocycles. The Morgan fingerprint density at radius 2 is 1.85 bits per heavy atom. The molecule has 1 saturated heterocycles. The Labute approximate surface area is 124 Å². The maximum atomic E-state index is 3.76. The molecule has 2 nitrogen and oxygen atoms in total. The highest BCUT2D eigenvalue weighted by atomic mass is 15.3. The predicted molar refractivity (Wildman–Crippen MR) is 87.0 cm³/mol. The van der Waals surface area contributed by atoms with Gasteiger partial charge >= 0.3 is 0 Å². The van der Waals surface area contributed by atoms with Crippen LogP contribution >= 0.6 is 0 Å². The van der Waals surface area contributed by atoms with Gasteiger partial charge in [0.25, 0.3) is 0 Å². The lowest BCUT2D eigenvalue weighted by molar-refractivity contribution is 0.0737. The van der Waals surface area contributed by atoms with E-state index in [-0.39, 0.29) is 0 Å². The minimum Gasteiger partial charge on any atom is -0.311 e. The zero-order chi connectivity index (χ0) is 14.4. The molecular formula is C18H30N2. The van der Waals surface area contributed by atoms with E-state index < -0.39 is 0 Å². The molecule has 2 rings (SSSR count). The molecule has 20 heavy (non-hydrogen) atoms. The molecule has 0 aliphatic carbocycles. The molecule has 1 aromatic rings. The van der Waals surface area contributed by atoms with Gasteiger partial charge in [-0.05, 0) is 24.8 Å². The van der Waals surface area contributed by atoms with Crippen molar-refractivity contribution in [1.82, 2.24) is 10.2 Å². The molecule has 1 aromatic carbocycles. The highest BCUT2D eigenvalue weighted by Gasteiger charge is 2.31. The molecular weight excluding hydrogens is 244 g/mol. The Kier molecular flexibility index (Phi) is 6.06. The summed E-state index contributed by atoms with van der Waals surface area (Å²) in [6.07, 6.45) is 5.06. The van der Waals surface area contributed by atoms with Gasteiger partial charge in [-0.3, -0.25) is 4.90 Å². The second-order valence-electron chi connectivity index (χ2n) is 5.99. The van der Waals surface area contributed by atoms with Gasteiger partial charge in [0.05, 0.1) is 0 Å². The number of rotatable bonds is 6. The van der Waals surface area contributed by atoms with Crippen LogP contribution in [0.2, 0.25) is 0 Å². The zero-order valence-electron chi connectivity index (χ0n) is 13.3. The predicted octanol–water partition coefficient (Wildman–Crippen LogP) is 3.99. The normalized spacial score (nSPS) is 24.2. The summed E-state index contributed by atoms with van der Waals surface area (Å²) in [5.41, 5.74) is 1.46. The van der Waals surface area contributed by atoms with Crippen molar-refractivity contribution in [3.63, 3.8) is 0 Å². The minimum absolute atomic E-state index is 0.536. The summed E-state index contributed by atoms with van der Waals surface area (Å²) in [7, 11) is 0. The van der Waals surface area contributed by atoms with E-state index in [1.165, 1.54) is 37.8 Å². The molecule has 0 amide bonds. The topological polar surface area (TPSA) is 15.3 Å². The fourth-order valence-corrected chi connectivity index (χ4v) is 3.53. The van der Waals surface area contributed by atoms with E-state index in [1.54, 1.807) is 0 Å². The van der Waals surface area contributed by atoms with Crippen LogP contribution in [0.3, 0.4) is 0 Å². The number of nitrogens with zero attached hydrogens (tertiary/aromatic N) is 1. The van der Waals surface area contributed by atoms with Crippen LogP contribution in [0.15, 0.2) is 30.3 Å². The molecule has 0 aromatic heterocycles. The van der Waals surface area contributed by atoms with Crippen LogP contribution < -0.4 is 5.32 Å². The number of piperazine rings is 1. The first-order valence-corrected chi connectivity index (χ1v) is 8.34. The van der Waals surface area contributed by atoms with Crippen LogP contribution in [0.25, 0.3) is 0 Å². The summed E-state index contributed by atoms with van der Waals surface area (Å²) in [5.74, 6) is 0. The van der Waals surface area contributed by atoms with E-state index in [2.05, 4.69) is 61.3 Å². The third kappa shape index (κ3) is 3.62. The highest BCUT2D eigenvalue weighted by molar-refractivity contribution is 5.20. The quantitative estimate of drug-likeness (QED) is 0.844. The van der Waals surface area contributed by atoms with Crippen LogP contribution in [0.4, 0.5) is 0 Å². The van der Waals surface area contributed by atoms with Gasteiger partial charge in [-0.2, -0.15) is 0 Å². The fourth-order valence-electron chi connectivity index (χ4n) is 3.53. The van der Waals surface area contributed by atoms with Gasteiger partial charge in [0, 0.05) is 31.2 Å². The largest absolute Gasteiger partial charge is 0.311 e. The lowest BCUT2D eigenvalue weighted by Gasteiger charge is -2.44. The number of benzene rings is 1. The lowest BCUT2D eigenvalue weighted by Crippen LogP contribution is -2.55. The first kappa shape index (κ1) is 15.5. The van der Waals surface area contributed by atoms with E-state index in [9.17, 15) is 0 Å². The van der Waals surface area contributed by atoms with E-state index >= 15 is 0 Å². The van der Waals surface area contributed by atoms with Gasteiger partial charge in [-0.15, -0.1) is 0 Å². The smallest absolute Gasteiger partial charge is 0.0476 e. The van der Waals surface area contributed by atoms with Crippen LogP contribution in [-0.4, -0.2) is 30.1 Å². The molecule has 112 valence electrons. The van der Waals surface area contributed by atoms with Crippen molar-refractivity contribution in [3.8, 4) is 0 Å². The average Bonchev–Trinajstić information content (AvgIpc) is 2.50. The SMILES string of the molecule is CCCC1CN(C(CC)CC)C(c2ccccc2)CN1. The van der Waals surface area contributed by atoms with Gasteiger partial charge in [-0.1, -0.05) is 57.5 Å². The van der Waals surface area contributed by atoms with Crippen molar-refractivity contribution >= 4 is 0 Å². The van der Waals surface area contributed by atoms with Gasteiger partial charge in [0.2, 0.25) is 0 Å². The Hall–Kier alpha value is -0.860. The van der Waals surface area contributed by atoms with E-state index in [4.69, 9.17) is 0 Å². The monoisotopic (exact) mass is 274 g/mol. The third-order valence-corrected chi connectivity index (χ3v) is 4.66. The molecule has 0 spiro atoms. The summed E-state index contributed by atoms with van der Waals surface area (Å²) in [6, 6.07) is 12.9. The maximum absolute atomic E-state index is 3.76. The number of hydrogen-bond acceptors (Lipinski definition) is 2. The molecule has 0 bridgehead atoms. The summed E-state index contributed by atoms with van der Waals surface area (Å²) >= 11 is 0. The Bertz CT molecular complexity index is 372. The van der Waals surface area contributed by atoms with Crippen molar-refractivity contribution in [2.45, 2.75) is 64.6 Å². The maximum Gasteiger partial charge on any atom is 0.0476 e. The number of hydrogen-bond donors (Lipinski definition) is 1.